The zero-order valence-corrected chi connectivity index (χ0v) is 12.1. The van der Waals surface area contributed by atoms with Crippen molar-refractivity contribution in [2.24, 2.45) is 10.2 Å². The zero-order chi connectivity index (χ0) is 14.9. The molecule has 0 saturated heterocycles. The Morgan fingerprint density at radius 3 is 2.19 bits per heavy atom. The highest BCUT2D eigenvalue weighted by molar-refractivity contribution is 5.94. The van der Waals surface area contributed by atoms with Crippen LogP contribution in [0, 0.1) is 0 Å². The number of hydrogen-bond donors (Lipinski definition) is 1. The predicted molar refractivity (Wildman–Crippen MR) is 84.3 cm³/mol. The van der Waals surface area contributed by atoms with E-state index in [9.17, 15) is 4.79 Å². The SMILES string of the molecule is CCCCNC(=O)c1ccc(N=Nc2ccccc2)cc1. The van der Waals surface area contributed by atoms with Gasteiger partial charge in [0.2, 0.25) is 0 Å². The quantitative estimate of drug-likeness (QED) is 0.609. The molecule has 0 saturated carbocycles. The standard InChI is InChI=1S/C17H19N3O/c1-2-3-13-18-17(21)14-9-11-16(12-10-14)20-19-15-7-5-4-6-8-15/h4-12H,2-3,13H2,1H3,(H,18,21). The Kier molecular flexibility index (Phi) is 5.64. The molecule has 0 unspecified atom stereocenters. The number of nitrogens with one attached hydrogen (secondary N) is 1. The maximum Gasteiger partial charge on any atom is 0.251 e. The van der Waals surface area contributed by atoms with Gasteiger partial charge in [0.25, 0.3) is 5.91 Å². The van der Waals surface area contributed by atoms with Crippen LogP contribution in [0.1, 0.15) is 30.1 Å². The molecule has 0 heterocycles. The van der Waals surface area contributed by atoms with E-state index in [1.807, 2.05) is 30.3 Å². The minimum absolute atomic E-state index is 0.0463. The summed E-state index contributed by atoms with van der Waals surface area (Å²) in [5.41, 5.74) is 2.17. The highest BCUT2D eigenvalue weighted by atomic mass is 16.1. The average molecular weight is 281 g/mol. The molecule has 0 aromatic heterocycles. The van der Waals surface area contributed by atoms with E-state index < -0.39 is 0 Å². The van der Waals surface area contributed by atoms with E-state index in [-0.39, 0.29) is 5.91 Å². The number of hydrogen-bond acceptors (Lipinski definition) is 3. The van der Waals surface area contributed by atoms with E-state index in [2.05, 4.69) is 22.5 Å². The summed E-state index contributed by atoms with van der Waals surface area (Å²) in [4.78, 5) is 11.8. The van der Waals surface area contributed by atoms with Crippen LogP contribution in [0.2, 0.25) is 0 Å². The Morgan fingerprint density at radius 2 is 1.57 bits per heavy atom. The van der Waals surface area contributed by atoms with Crippen molar-refractivity contribution < 1.29 is 4.79 Å². The first-order valence-corrected chi connectivity index (χ1v) is 7.14. The molecular formula is C17H19N3O. The Labute approximate surface area is 124 Å². The molecule has 0 radical (unpaired) electrons. The number of rotatable bonds is 6. The summed E-state index contributed by atoms with van der Waals surface area (Å²) >= 11 is 0. The Balaban J connectivity index is 1.96. The normalized spacial score (nSPS) is 10.7. The van der Waals surface area contributed by atoms with Crippen LogP contribution in [0.5, 0.6) is 0 Å². The molecule has 0 fully saturated rings. The molecule has 21 heavy (non-hydrogen) atoms. The molecule has 0 aliphatic rings. The lowest BCUT2D eigenvalue weighted by Crippen LogP contribution is -2.24. The van der Waals surface area contributed by atoms with Gasteiger partial charge in [0.15, 0.2) is 0 Å². The summed E-state index contributed by atoms with van der Waals surface area (Å²) in [5.74, 6) is -0.0463. The molecule has 0 aliphatic carbocycles. The third-order valence-electron chi connectivity index (χ3n) is 2.98. The molecule has 1 N–H and O–H groups in total. The van der Waals surface area contributed by atoms with Crippen LogP contribution in [0.25, 0.3) is 0 Å². The van der Waals surface area contributed by atoms with Crippen LogP contribution in [0.3, 0.4) is 0 Å². The fraction of sp³-hybridized carbons (Fsp3) is 0.235. The van der Waals surface area contributed by atoms with Gasteiger partial charge < -0.3 is 5.32 Å². The first-order valence-electron chi connectivity index (χ1n) is 7.14. The fourth-order valence-electron chi connectivity index (χ4n) is 1.77. The van der Waals surface area contributed by atoms with Crippen LogP contribution in [-0.4, -0.2) is 12.5 Å². The molecule has 2 aromatic carbocycles. The molecule has 0 spiro atoms. The molecule has 108 valence electrons. The first-order chi connectivity index (χ1) is 10.3. The highest BCUT2D eigenvalue weighted by Gasteiger charge is 2.03. The minimum Gasteiger partial charge on any atom is -0.352 e. The molecule has 0 atom stereocenters. The second kappa shape index (κ2) is 7.94. The first kappa shape index (κ1) is 14.9. The maximum atomic E-state index is 11.8. The number of benzene rings is 2. The number of carbonyl (C=O) groups excluding carboxylic acids is 1. The third kappa shape index (κ3) is 4.84. The van der Waals surface area contributed by atoms with Gasteiger partial charge in [-0.2, -0.15) is 10.2 Å². The molecule has 0 bridgehead atoms. The van der Waals surface area contributed by atoms with Crippen molar-refractivity contribution in [2.75, 3.05) is 6.54 Å². The van der Waals surface area contributed by atoms with Gasteiger partial charge in [-0.1, -0.05) is 31.5 Å². The topological polar surface area (TPSA) is 53.8 Å². The molecule has 0 aliphatic heterocycles. The molecule has 1 amide bonds. The molecule has 4 heteroatoms. The fourth-order valence-corrected chi connectivity index (χ4v) is 1.77. The Hall–Kier alpha value is -2.49. The van der Waals surface area contributed by atoms with E-state index in [1.54, 1.807) is 24.3 Å². The Bertz CT molecular complexity index is 591. The van der Waals surface area contributed by atoms with Crippen molar-refractivity contribution in [3.8, 4) is 0 Å². The van der Waals surface area contributed by atoms with Crippen molar-refractivity contribution in [1.82, 2.24) is 5.32 Å². The summed E-state index contributed by atoms with van der Waals surface area (Å²) < 4.78 is 0. The van der Waals surface area contributed by atoms with Crippen LogP contribution in [-0.2, 0) is 0 Å². The van der Waals surface area contributed by atoms with E-state index in [0.717, 1.165) is 24.2 Å². The number of carbonyl (C=O) groups is 1. The van der Waals surface area contributed by atoms with Gasteiger partial charge in [-0.05, 0) is 42.8 Å². The third-order valence-corrected chi connectivity index (χ3v) is 2.98. The molecule has 4 nitrogen and oxygen atoms in total. The summed E-state index contributed by atoms with van der Waals surface area (Å²) in [5, 5.41) is 11.2. The van der Waals surface area contributed by atoms with Gasteiger partial charge in [0, 0.05) is 12.1 Å². The lowest BCUT2D eigenvalue weighted by molar-refractivity contribution is 0.0953. The van der Waals surface area contributed by atoms with Crippen molar-refractivity contribution in [2.45, 2.75) is 19.8 Å². The average Bonchev–Trinajstić information content (AvgIpc) is 2.54. The van der Waals surface area contributed by atoms with E-state index in [0.29, 0.717) is 12.1 Å². The highest BCUT2D eigenvalue weighted by Crippen LogP contribution is 2.18. The monoisotopic (exact) mass is 281 g/mol. The second-order valence-electron chi connectivity index (χ2n) is 4.69. The number of azo groups is 1. The molecular weight excluding hydrogens is 262 g/mol. The number of amides is 1. The van der Waals surface area contributed by atoms with Gasteiger partial charge in [0.05, 0.1) is 11.4 Å². The van der Waals surface area contributed by atoms with Crippen LogP contribution < -0.4 is 5.32 Å². The van der Waals surface area contributed by atoms with Gasteiger partial charge in [0.1, 0.15) is 0 Å². The van der Waals surface area contributed by atoms with Crippen molar-refractivity contribution in [3.63, 3.8) is 0 Å². The minimum atomic E-state index is -0.0463. The summed E-state index contributed by atoms with van der Waals surface area (Å²) in [7, 11) is 0. The molecule has 2 aromatic rings. The largest absolute Gasteiger partial charge is 0.352 e. The lowest BCUT2D eigenvalue weighted by atomic mass is 10.2. The van der Waals surface area contributed by atoms with Crippen LogP contribution in [0.15, 0.2) is 64.8 Å². The zero-order valence-electron chi connectivity index (χ0n) is 12.1. The van der Waals surface area contributed by atoms with E-state index in [4.69, 9.17) is 0 Å². The maximum absolute atomic E-state index is 11.8. The number of nitrogens with zero attached hydrogens (tertiary/aromatic N) is 2. The van der Waals surface area contributed by atoms with Crippen LogP contribution in [0.4, 0.5) is 11.4 Å². The molecule has 2 rings (SSSR count). The second-order valence-corrected chi connectivity index (χ2v) is 4.69. The van der Waals surface area contributed by atoms with Gasteiger partial charge in [-0.15, -0.1) is 0 Å². The summed E-state index contributed by atoms with van der Waals surface area (Å²) in [6, 6.07) is 16.7. The van der Waals surface area contributed by atoms with Crippen molar-refractivity contribution in [3.05, 3.63) is 60.2 Å². The van der Waals surface area contributed by atoms with Crippen LogP contribution >= 0.6 is 0 Å². The summed E-state index contributed by atoms with van der Waals surface area (Å²) in [6.45, 7) is 2.81. The van der Waals surface area contributed by atoms with Gasteiger partial charge in [-0.25, -0.2) is 0 Å². The summed E-state index contributed by atoms with van der Waals surface area (Å²) in [6.07, 6.45) is 2.06. The smallest absolute Gasteiger partial charge is 0.251 e. The number of unbranched alkanes of at least 4 members (excludes halogenated alkanes) is 1. The lowest BCUT2D eigenvalue weighted by Gasteiger charge is -2.04. The Morgan fingerprint density at radius 1 is 0.952 bits per heavy atom. The van der Waals surface area contributed by atoms with Gasteiger partial charge >= 0.3 is 0 Å². The van der Waals surface area contributed by atoms with E-state index >= 15 is 0 Å². The van der Waals surface area contributed by atoms with Gasteiger partial charge in [-0.3, -0.25) is 4.79 Å². The van der Waals surface area contributed by atoms with E-state index in [1.165, 1.54) is 0 Å². The predicted octanol–water partition coefficient (Wildman–Crippen LogP) is 4.63. The van der Waals surface area contributed by atoms with Crippen molar-refractivity contribution >= 4 is 17.3 Å². The van der Waals surface area contributed by atoms with Crippen molar-refractivity contribution in [1.29, 1.82) is 0 Å².